The Hall–Kier alpha value is -0.260. The monoisotopic (exact) mass is 204 g/mol. The lowest BCUT2D eigenvalue weighted by Gasteiger charge is -2.24. The Morgan fingerprint density at radius 3 is 2.13 bits per heavy atom. The third kappa shape index (κ3) is 1.57. The van der Waals surface area contributed by atoms with Gasteiger partial charge in [0.25, 0.3) is 0 Å². The maximum atomic E-state index is 4.27. The highest BCUT2D eigenvalue weighted by molar-refractivity contribution is 5.15. The summed E-state index contributed by atoms with van der Waals surface area (Å²) >= 11 is 0. The van der Waals surface area contributed by atoms with Gasteiger partial charge in [-0.2, -0.15) is 0 Å². The number of allylic oxidation sites excluding steroid dienone is 1. The van der Waals surface area contributed by atoms with Crippen LogP contribution in [0.5, 0.6) is 0 Å². The van der Waals surface area contributed by atoms with Gasteiger partial charge in [-0.15, -0.1) is 0 Å². The Labute approximate surface area is 94.1 Å². The quantitative estimate of drug-likeness (QED) is 0.507. The summed E-state index contributed by atoms with van der Waals surface area (Å²) in [4.78, 5) is 0. The molecular weight excluding hydrogens is 180 g/mol. The number of rotatable bonds is 0. The van der Waals surface area contributed by atoms with Crippen LogP contribution in [0.2, 0.25) is 0 Å². The average molecular weight is 204 g/mol. The molecule has 0 aromatic heterocycles. The molecular formula is C15H24. The first-order valence-corrected chi connectivity index (χ1v) is 6.86. The van der Waals surface area contributed by atoms with Crippen molar-refractivity contribution in [1.29, 1.82) is 0 Å². The molecule has 84 valence electrons. The van der Waals surface area contributed by atoms with E-state index in [-0.39, 0.29) is 0 Å². The fourth-order valence-corrected chi connectivity index (χ4v) is 4.85. The topological polar surface area (TPSA) is 0 Å². The van der Waals surface area contributed by atoms with Crippen LogP contribution in [0.4, 0.5) is 0 Å². The van der Waals surface area contributed by atoms with E-state index in [9.17, 15) is 0 Å². The van der Waals surface area contributed by atoms with Crippen LogP contribution in [0.15, 0.2) is 12.2 Å². The van der Waals surface area contributed by atoms with Crippen molar-refractivity contribution in [2.75, 3.05) is 0 Å². The van der Waals surface area contributed by atoms with E-state index in [1.54, 1.807) is 18.4 Å². The average Bonchev–Trinajstić information content (AvgIpc) is 2.66. The fourth-order valence-electron chi connectivity index (χ4n) is 4.85. The van der Waals surface area contributed by atoms with Crippen molar-refractivity contribution in [2.24, 2.45) is 23.2 Å². The largest absolute Gasteiger partial charge is 0.0996 e. The summed E-state index contributed by atoms with van der Waals surface area (Å²) in [6.07, 6.45) is 12.0. The van der Waals surface area contributed by atoms with E-state index in [4.69, 9.17) is 0 Å². The van der Waals surface area contributed by atoms with Crippen LogP contribution >= 0.6 is 0 Å². The van der Waals surface area contributed by atoms with Crippen molar-refractivity contribution in [3.05, 3.63) is 12.2 Å². The minimum atomic E-state index is 0.718. The lowest BCUT2D eigenvalue weighted by molar-refractivity contribution is 0.277. The summed E-state index contributed by atoms with van der Waals surface area (Å²) in [5, 5.41) is 0. The van der Waals surface area contributed by atoms with Crippen LogP contribution in [-0.4, -0.2) is 0 Å². The van der Waals surface area contributed by atoms with Gasteiger partial charge in [-0.3, -0.25) is 0 Å². The van der Waals surface area contributed by atoms with Crippen LogP contribution in [0.25, 0.3) is 0 Å². The van der Waals surface area contributed by atoms with E-state index in [0.717, 1.165) is 23.2 Å². The Morgan fingerprint density at radius 2 is 1.67 bits per heavy atom. The lowest BCUT2D eigenvalue weighted by atomic mass is 9.82. The Kier molecular flexibility index (Phi) is 2.23. The predicted octanol–water partition coefficient (Wildman–Crippen LogP) is 4.56. The zero-order valence-corrected chi connectivity index (χ0v) is 10.1. The molecule has 0 bridgehead atoms. The summed E-state index contributed by atoms with van der Waals surface area (Å²) in [7, 11) is 0. The van der Waals surface area contributed by atoms with E-state index in [2.05, 4.69) is 13.5 Å². The van der Waals surface area contributed by atoms with Crippen molar-refractivity contribution in [3.8, 4) is 0 Å². The van der Waals surface area contributed by atoms with Crippen LogP contribution in [0.3, 0.4) is 0 Å². The van der Waals surface area contributed by atoms with Gasteiger partial charge < -0.3 is 0 Å². The molecule has 0 aromatic carbocycles. The Bertz CT molecular complexity index is 262. The highest BCUT2D eigenvalue weighted by Crippen LogP contribution is 2.60. The minimum absolute atomic E-state index is 0.718. The fraction of sp³-hybridized carbons (Fsp3) is 0.867. The molecule has 3 aliphatic carbocycles. The van der Waals surface area contributed by atoms with Crippen LogP contribution in [-0.2, 0) is 0 Å². The summed E-state index contributed by atoms with van der Waals surface area (Å²) in [5.74, 6) is 3.00. The zero-order chi connectivity index (χ0) is 10.5. The molecule has 15 heavy (non-hydrogen) atoms. The third-order valence-electron chi connectivity index (χ3n) is 5.50. The van der Waals surface area contributed by atoms with E-state index < -0.39 is 0 Å². The van der Waals surface area contributed by atoms with Crippen molar-refractivity contribution in [2.45, 2.75) is 58.3 Å². The summed E-state index contributed by atoms with van der Waals surface area (Å²) < 4.78 is 0. The molecule has 0 radical (unpaired) electrons. The van der Waals surface area contributed by atoms with Crippen LogP contribution < -0.4 is 0 Å². The maximum absolute atomic E-state index is 4.27. The van der Waals surface area contributed by atoms with Gasteiger partial charge in [0.2, 0.25) is 0 Å². The highest BCUT2D eigenvalue weighted by Gasteiger charge is 2.49. The molecule has 0 saturated heterocycles. The summed E-state index contributed by atoms with van der Waals surface area (Å²) in [5.41, 5.74) is 2.27. The lowest BCUT2D eigenvalue weighted by Crippen LogP contribution is -2.12. The molecule has 3 unspecified atom stereocenters. The van der Waals surface area contributed by atoms with Gasteiger partial charge in [-0.1, -0.05) is 44.8 Å². The van der Waals surface area contributed by atoms with Crippen molar-refractivity contribution >= 4 is 0 Å². The molecule has 0 heterocycles. The normalized spacial score (nSPS) is 49.9. The van der Waals surface area contributed by atoms with Gasteiger partial charge in [0.15, 0.2) is 0 Å². The molecule has 0 nitrogen and oxygen atoms in total. The van der Waals surface area contributed by atoms with E-state index >= 15 is 0 Å². The Balaban J connectivity index is 1.77. The second-order valence-electron chi connectivity index (χ2n) is 6.65. The molecule has 0 heteroatoms. The first-order chi connectivity index (χ1) is 7.19. The first-order valence-electron chi connectivity index (χ1n) is 6.86. The van der Waals surface area contributed by atoms with Gasteiger partial charge in [0.1, 0.15) is 0 Å². The van der Waals surface area contributed by atoms with Crippen molar-refractivity contribution in [3.63, 3.8) is 0 Å². The van der Waals surface area contributed by atoms with E-state index in [1.165, 1.54) is 38.5 Å². The van der Waals surface area contributed by atoms with Gasteiger partial charge in [-0.25, -0.2) is 0 Å². The Morgan fingerprint density at radius 1 is 1.07 bits per heavy atom. The van der Waals surface area contributed by atoms with Crippen molar-refractivity contribution in [1.82, 2.24) is 0 Å². The van der Waals surface area contributed by atoms with E-state index in [0.29, 0.717) is 0 Å². The smallest absolute Gasteiger partial charge is 0.0229 e. The first kappa shape index (κ1) is 9.93. The molecule has 3 rings (SSSR count). The van der Waals surface area contributed by atoms with Gasteiger partial charge in [0, 0.05) is 0 Å². The molecule has 3 aliphatic rings. The molecule has 3 fully saturated rings. The second-order valence-corrected chi connectivity index (χ2v) is 6.65. The van der Waals surface area contributed by atoms with Crippen LogP contribution in [0.1, 0.15) is 58.3 Å². The molecule has 0 amide bonds. The van der Waals surface area contributed by atoms with Crippen molar-refractivity contribution < 1.29 is 0 Å². The standard InChI is InChI=1S/C15H24/c1-11-7-15(8-12(11)2)9-13-5-3-4-6-14(13)10-15/h12-14H,1,3-10H2,2H3. The summed E-state index contributed by atoms with van der Waals surface area (Å²) in [6.45, 7) is 6.66. The number of hydrogen-bond acceptors (Lipinski definition) is 0. The summed E-state index contributed by atoms with van der Waals surface area (Å²) in [6, 6.07) is 0. The maximum Gasteiger partial charge on any atom is -0.0229 e. The zero-order valence-electron chi connectivity index (χ0n) is 10.1. The van der Waals surface area contributed by atoms with Gasteiger partial charge in [-0.05, 0) is 48.9 Å². The molecule has 0 N–H and O–H groups in total. The molecule has 0 aromatic rings. The van der Waals surface area contributed by atoms with Gasteiger partial charge in [0.05, 0.1) is 0 Å². The molecule has 3 saturated carbocycles. The van der Waals surface area contributed by atoms with Crippen LogP contribution in [0, 0.1) is 23.2 Å². The third-order valence-corrected chi connectivity index (χ3v) is 5.50. The molecule has 1 spiro atoms. The number of fused-ring (bicyclic) bond motifs is 1. The molecule has 0 aliphatic heterocycles. The second kappa shape index (κ2) is 3.37. The molecule has 3 atom stereocenters. The predicted molar refractivity (Wildman–Crippen MR) is 64.7 cm³/mol. The minimum Gasteiger partial charge on any atom is -0.0996 e. The van der Waals surface area contributed by atoms with E-state index in [1.807, 2.05) is 0 Å². The SMILES string of the molecule is C=C1CC2(CC1C)CC1CCCCC1C2. The number of hydrogen-bond donors (Lipinski definition) is 0. The highest BCUT2D eigenvalue weighted by atomic mass is 14.5. The van der Waals surface area contributed by atoms with Gasteiger partial charge >= 0.3 is 0 Å².